The van der Waals surface area contributed by atoms with Gasteiger partial charge in [-0.2, -0.15) is 0 Å². The summed E-state index contributed by atoms with van der Waals surface area (Å²) in [6.07, 6.45) is 2.27. The molecule has 0 radical (unpaired) electrons. The molecule has 2 aliphatic heterocycles. The van der Waals surface area contributed by atoms with E-state index in [0.717, 1.165) is 18.4 Å². The highest BCUT2D eigenvalue weighted by atomic mass is 16.5. The summed E-state index contributed by atoms with van der Waals surface area (Å²) >= 11 is 0. The molecule has 2 aromatic rings. The van der Waals surface area contributed by atoms with Crippen LogP contribution in [0, 0.1) is 6.92 Å². The van der Waals surface area contributed by atoms with Crippen molar-refractivity contribution in [3.63, 3.8) is 0 Å². The van der Waals surface area contributed by atoms with E-state index in [-0.39, 0.29) is 17.7 Å². The van der Waals surface area contributed by atoms with Gasteiger partial charge >= 0.3 is 0 Å². The average Bonchev–Trinajstić information content (AvgIpc) is 3.50. The third-order valence-corrected chi connectivity index (χ3v) is 5.54. The van der Waals surface area contributed by atoms with Crippen molar-refractivity contribution in [1.82, 2.24) is 0 Å². The first-order chi connectivity index (χ1) is 15.5. The fraction of sp³-hybridized carbons (Fsp3) is 0.375. The molecule has 168 valence electrons. The Hall–Kier alpha value is -3.23. The van der Waals surface area contributed by atoms with Crippen molar-refractivity contribution < 1.29 is 23.9 Å². The maximum atomic E-state index is 12.8. The van der Waals surface area contributed by atoms with E-state index in [1.807, 2.05) is 19.1 Å². The molecule has 8 heteroatoms. The zero-order valence-electron chi connectivity index (χ0n) is 18.0. The molecule has 2 heterocycles. The lowest BCUT2D eigenvalue weighted by Crippen LogP contribution is -2.27. The lowest BCUT2D eigenvalue weighted by molar-refractivity contribution is -0.125. The number of carbonyl (C=O) groups is 3. The molecule has 2 aliphatic rings. The number of hydrogen-bond donors (Lipinski definition) is 3. The Kier molecular flexibility index (Phi) is 6.82. The first-order valence-electron chi connectivity index (χ1n) is 10.9. The monoisotopic (exact) mass is 437 g/mol. The maximum Gasteiger partial charge on any atom is 0.255 e. The first-order valence-corrected chi connectivity index (χ1v) is 10.9. The summed E-state index contributed by atoms with van der Waals surface area (Å²) in [6.45, 7) is 3.10. The number of aryl methyl sites for hydroxylation is 1. The maximum absolute atomic E-state index is 12.8. The molecule has 2 atom stereocenters. The predicted molar refractivity (Wildman–Crippen MR) is 121 cm³/mol. The first kappa shape index (κ1) is 22.0. The van der Waals surface area contributed by atoms with E-state index >= 15 is 0 Å². The summed E-state index contributed by atoms with van der Waals surface area (Å²) in [5.41, 5.74) is 3.01. The molecule has 2 fully saturated rings. The van der Waals surface area contributed by atoms with Gasteiger partial charge in [0, 0.05) is 24.5 Å². The number of rotatable bonds is 6. The van der Waals surface area contributed by atoms with Crippen molar-refractivity contribution in [3.8, 4) is 0 Å². The van der Waals surface area contributed by atoms with Crippen molar-refractivity contribution in [2.45, 2.75) is 44.8 Å². The fourth-order valence-corrected chi connectivity index (χ4v) is 3.77. The van der Waals surface area contributed by atoms with E-state index in [0.29, 0.717) is 48.7 Å². The Morgan fingerprint density at radius 2 is 1.41 bits per heavy atom. The molecule has 4 rings (SSSR count). The molecule has 3 amide bonds. The van der Waals surface area contributed by atoms with Gasteiger partial charge < -0.3 is 25.4 Å². The van der Waals surface area contributed by atoms with Crippen LogP contribution in [0.1, 0.15) is 41.6 Å². The van der Waals surface area contributed by atoms with Gasteiger partial charge in [0.25, 0.3) is 17.7 Å². The standard InChI is InChI=1S/C24H27N3O5/c1-15-6-11-18(19(14-15)27-24(30)21-5-3-13-32-21)26-22(28)16-7-9-17(10-8-16)25-23(29)20-4-2-12-31-20/h6-11,14,20-21H,2-5,12-13H2,1H3,(H,25,29)(H,26,28)(H,27,30)/t20-,21+/m0/s1. The van der Waals surface area contributed by atoms with Crippen LogP contribution in [0.5, 0.6) is 0 Å². The molecule has 3 N–H and O–H groups in total. The summed E-state index contributed by atoms with van der Waals surface area (Å²) in [5.74, 6) is -0.709. The number of carbonyl (C=O) groups excluding carboxylic acids is 3. The van der Waals surface area contributed by atoms with Crippen molar-refractivity contribution in [2.24, 2.45) is 0 Å². The summed E-state index contributed by atoms with van der Waals surface area (Å²) in [7, 11) is 0. The topological polar surface area (TPSA) is 106 Å². The highest BCUT2D eigenvalue weighted by Crippen LogP contribution is 2.25. The van der Waals surface area contributed by atoms with Gasteiger partial charge in [0.15, 0.2) is 0 Å². The lowest BCUT2D eigenvalue weighted by atomic mass is 10.1. The van der Waals surface area contributed by atoms with Gasteiger partial charge in [0.05, 0.1) is 11.4 Å². The van der Waals surface area contributed by atoms with E-state index in [2.05, 4.69) is 16.0 Å². The van der Waals surface area contributed by atoms with Crippen molar-refractivity contribution in [3.05, 3.63) is 53.6 Å². The zero-order chi connectivity index (χ0) is 22.5. The van der Waals surface area contributed by atoms with Gasteiger partial charge in [0.1, 0.15) is 12.2 Å². The van der Waals surface area contributed by atoms with Crippen molar-refractivity contribution >= 4 is 34.8 Å². The SMILES string of the molecule is Cc1ccc(NC(=O)c2ccc(NC(=O)[C@@H]3CCCO3)cc2)c(NC(=O)[C@H]2CCCO2)c1. The third kappa shape index (κ3) is 5.33. The summed E-state index contributed by atoms with van der Waals surface area (Å²) in [5, 5.41) is 8.53. The fourth-order valence-electron chi connectivity index (χ4n) is 3.77. The van der Waals surface area contributed by atoms with Crippen molar-refractivity contribution in [1.29, 1.82) is 0 Å². The van der Waals surface area contributed by atoms with Gasteiger partial charge in [-0.1, -0.05) is 6.07 Å². The Morgan fingerprint density at radius 1 is 0.781 bits per heavy atom. The van der Waals surface area contributed by atoms with E-state index in [9.17, 15) is 14.4 Å². The second kappa shape index (κ2) is 9.93. The number of nitrogens with one attached hydrogen (secondary N) is 3. The van der Waals surface area contributed by atoms with Crippen LogP contribution in [0.3, 0.4) is 0 Å². The van der Waals surface area contributed by atoms with Gasteiger partial charge in [-0.05, 0) is 74.6 Å². The molecule has 0 aromatic heterocycles. The minimum absolute atomic E-state index is 0.175. The van der Waals surface area contributed by atoms with Crippen LogP contribution in [0.2, 0.25) is 0 Å². The Balaban J connectivity index is 1.40. The Bertz CT molecular complexity index is 993. The lowest BCUT2D eigenvalue weighted by Gasteiger charge is -2.16. The normalized spacial score (nSPS) is 20.0. The van der Waals surface area contributed by atoms with E-state index in [1.54, 1.807) is 30.3 Å². The molecule has 0 bridgehead atoms. The number of hydrogen-bond acceptors (Lipinski definition) is 5. The van der Waals surface area contributed by atoms with E-state index < -0.39 is 12.2 Å². The largest absolute Gasteiger partial charge is 0.368 e. The second-order valence-corrected chi connectivity index (χ2v) is 8.06. The van der Waals surface area contributed by atoms with Crippen LogP contribution in [0.25, 0.3) is 0 Å². The van der Waals surface area contributed by atoms with Crippen LogP contribution < -0.4 is 16.0 Å². The number of ether oxygens (including phenoxy) is 2. The van der Waals surface area contributed by atoms with E-state index in [1.165, 1.54) is 0 Å². The third-order valence-electron chi connectivity index (χ3n) is 5.54. The Morgan fingerprint density at radius 3 is 2.00 bits per heavy atom. The smallest absolute Gasteiger partial charge is 0.255 e. The van der Waals surface area contributed by atoms with Crippen LogP contribution >= 0.6 is 0 Å². The molecule has 0 unspecified atom stereocenters. The molecular formula is C24H27N3O5. The molecule has 8 nitrogen and oxygen atoms in total. The van der Waals surface area contributed by atoms with Crippen LogP contribution in [-0.2, 0) is 19.1 Å². The minimum Gasteiger partial charge on any atom is -0.368 e. The van der Waals surface area contributed by atoms with Gasteiger partial charge in [0.2, 0.25) is 0 Å². The quantitative estimate of drug-likeness (QED) is 0.642. The molecule has 2 aromatic carbocycles. The summed E-state index contributed by atoms with van der Waals surface area (Å²) < 4.78 is 10.8. The molecule has 0 aliphatic carbocycles. The molecule has 32 heavy (non-hydrogen) atoms. The average molecular weight is 437 g/mol. The molecule has 2 saturated heterocycles. The molecular weight excluding hydrogens is 410 g/mol. The van der Waals surface area contributed by atoms with Crippen LogP contribution in [0.4, 0.5) is 17.1 Å². The zero-order valence-corrected chi connectivity index (χ0v) is 18.0. The highest BCUT2D eigenvalue weighted by molar-refractivity contribution is 6.08. The van der Waals surface area contributed by atoms with Crippen LogP contribution in [0.15, 0.2) is 42.5 Å². The molecule has 0 spiro atoms. The number of benzene rings is 2. The van der Waals surface area contributed by atoms with E-state index in [4.69, 9.17) is 9.47 Å². The Labute approximate surface area is 186 Å². The van der Waals surface area contributed by atoms with Crippen molar-refractivity contribution in [2.75, 3.05) is 29.2 Å². The number of amides is 3. The van der Waals surface area contributed by atoms with Gasteiger partial charge in [-0.25, -0.2) is 0 Å². The molecule has 0 saturated carbocycles. The predicted octanol–water partition coefficient (Wildman–Crippen LogP) is 3.48. The van der Waals surface area contributed by atoms with Gasteiger partial charge in [-0.15, -0.1) is 0 Å². The summed E-state index contributed by atoms with van der Waals surface area (Å²) in [4.78, 5) is 37.4. The second-order valence-electron chi connectivity index (χ2n) is 8.06. The summed E-state index contributed by atoms with van der Waals surface area (Å²) in [6, 6.07) is 12.1. The van der Waals surface area contributed by atoms with Crippen LogP contribution in [-0.4, -0.2) is 43.1 Å². The van der Waals surface area contributed by atoms with Gasteiger partial charge in [-0.3, -0.25) is 14.4 Å². The highest BCUT2D eigenvalue weighted by Gasteiger charge is 2.25. The minimum atomic E-state index is -0.462. The number of anilines is 3.